The van der Waals surface area contributed by atoms with E-state index in [4.69, 9.17) is 0 Å². The van der Waals surface area contributed by atoms with Crippen molar-refractivity contribution in [3.05, 3.63) is 64.7 Å². The number of carbonyl (C=O) groups is 1. The summed E-state index contributed by atoms with van der Waals surface area (Å²) in [7, 11) is 0. The van der Waals surface area contributed by atoms with Gasteiger partial charge in [0, 0.05) is 0 Å². The highest BCUT2D eigenvalue weighted by atomic mass is 32.1. The van der Waals surface area contributed by atoms with E-state index in [-0.39, 0.29) is 12.0 Å². The first kappa shape index (κ1) is 12.9. The van der Waals surface area contributed by atoms with E-state index in [0.717, 1.165) is 16.3 Å². The van der Waals surface area contributed by atoms with Crippen molar-refractivity contribution in [2.45, 2.75) is 6.42 Å². The van der Waals surface area contributed by atoms with E-state index in [0.29, 0.717) is 5.01 Å². The van der Waals surface area contributed by atoms with Crippen molar-refractivity contribution in [1.82, 2.24) is 4.98 Å². The number of carbonyl (C=O) groups excluding carboxylic acids is 1. The van der Waals surface area contributed by atoms with Crippen molar-refractivity contribution in [3.8, 4) is 0 Å². The Hall–Kier alpha value is -2.14. The van der Waals surface area contributed by atoms with Crippen molar-refractivity contribution in [2.75, 3.05) is 0 Å². The Morgan fingerprint density at radius 2 is 1.90 bits per heavy atom. The van der Waals surface area contributed by atoms with Crippen LogP contribution < -0.4 is 0 Å². The van der Waals surface area contributed by atoms with Crippen LogP contribution in [0.3, 0.4) is 0 Å². The lowest BCUT2D eigenvalue weighted by molar-refractivity contribution is 0.0988. The third-order valence-corrected chi connectivity index (χ3v) is 3.94. The molecule has 1 aromatic heterocycles. The van der Waals surface area contributed by atoms with Gasteiger partial charge in [-0.25, -0.2) is 13.8 Å². The van der Waals surface area contributed by atoms with Gasteiger partial charge in [-0.2, -0.15) is 0 Å². The normalized spacial score (nSPS) is 10.9. The molecule has 5 heteroatoms. The number of thiazole rings is 1. The summed E-state index contributed by atoms with van der Waals surface area (Å²) >= 11 is 1.38. The first-order valence-corrected chi connectivity index (χ1v) is 6.78. The van der Waals surface area contributed by atoms with Gasteiger partial charge in [-0.05, 0) is 24.3 Å². The summed E-state index contributed by atoms with van der Waals surface area (Å²) in [6.45, 7) is 0. The number of nitrogens with zero attached hydrogens (tertiary/aromatic N) is 1. The SMILES string of the molecule is O=C(Cc1nc2ccccc2s1)c1cccc(F)c1F. The lowest BCUT2D eigenvalue weighted by Crippen LogP contribution is -2.07. The Labute approximate surface area is 117 Å². The molecule has 0 amide bonds. The first-order chi connectivity index (χ1) is 9.65. The molecule has 0 fully saturated rings. The first-order valence-electron chi connectivity index (χ1n) is 5.97. The third kappa shape index (κ3) is 2.32. The van der Waals surface area contributed by atoms with Crippen molar-refractivity contribution in [1.29, 1.82) is 0 Å². The Morgan fingerprint density at radius 1 is 1.10 bits per heavy atom. The van der Waals surface area contributed by atoms with Crippen molar-refractivity contribution < 1.29 is 13.6 Å². The monoisotopic (exact) mass is 289 g/mol. The lowest BCUT2D eigenvalue weighted by atomic mass is 10.1. The van der Waals surface area contributed by atoms with Crippen molar-refractivity contribution >= 4 is 27.3 Å². The smallest absolute Gasteiger partial charge is 0.172 e. The summed E-state index contributed by atoms with van der Waals surface area (Å²) < 4.78 is 27.6. The van der Waals surface area contributed by atoms with Gasteiger partial charge in [-0.15, -0.1) is 11.3 Å². The molecule has 0 aliphatic rings. The molecule has 0 spiro atoms. The maximum absolute atomic E-state index is 13.5. The highest BCUT2D eigenvalue weighted by Gasteiger charge is 2.17. The van der Waals surface area contributed by atoms with Crippen LogP contribution >= 0.6 is 11.3 Å². The molecule has 1 heterocycles. The summed E-state index contributed by atoms with van der Waals surface area (Å²) in [5.41, 5.74) is 0.573. The molecule has 3 rings (SSSR count). The molecule has 0 unspecified atom stereocenters. The van der Waals surface area contributed by atoms with E-state index >= 15 is 0 Å². The number of hydrogen-bond acceptors (Lipinski definition) is 3. The molecule has 20 heavy (non-hydrogen) atoms. The fraction of sp³-hybridized carbons (Fsp3) is 0.0667. The van der Waals surface area contributed by atoms with Crippen molar-refractivity contribution in [3.63, 3.8) is 0 Å². The second-order valence-electron chi connectivity index (χ2n) is 4.28. The van der Waals surface area contributed by atoms with Crippen LogP contribution in [0.1, 0.15) is 15.4 Å². The molecule has 2 aromatic carbocycles. The summed E-state index contributed by atoms with van der Waals surface area (Å²) in [6.07, 6.45) is -0.0281. The molecule has 100 valence electrons. The van der Waals surface area contributed by atoms with Crippen LogP contribution in [-0.4, -0.2) is 10.8 Å². The standard InChI is InChI=1S/C15H9F2NOS/c16-10-5-3-4-9(15(10)17)12(19)8-14-18-11-6-1-2-7-13(11)20-14/h1-7H,8H2. The van der Waals surface area contributed by atoms with Crippen LogP contribution in [0.2, 0.25) is 0 Å². The zero-order chi connectivity index (χ0) is 14.1. The molecular weight excluding hydrogens is 280 g/mol. The van der Waals surface area contributed by atoms with Gasteiger partial charge in [-0.1, -0.05) is 18.2 Å². The van der Waals surface area contributed by atoms with E-state index < -0.39 is 17.4 Å². The molecule has 0 aliphatic heterocycles. The Bertz CT molecular complexity index is 764. The highest BCUT2D eigenvalue weighted by molar-refractivity contribution is 7.18. The molecule has 0 saturated carbocycles. The van der Waals surface area contributed by atoms with E-state index in [1.54, 1.807) is 0 Å². The molecule has 2 nitrogen and oxygen atoms in total. The minimum absolute atomic E-state index is 0.0281. The number of Topliss-reactive ketones (excluding diaryl/α,β-unsaturated/α-hetero) is 1. The molecule has 0 saturated heterocycles. The van der Waals surface area contributed by atoms with Crippen LogP contribution in [-0.2, 0) is 6.42 Å². The van der Waals surface area contributed by atoms with Gasteiger partial charge in [0.05, 0.1) is 22.2 Å². The minimum atomic E-state index is -1.10. The summed E-state index contributed by atoms with van der Waals surface area (Å²) in [4.78, 5) is 16.3. The third-order valence-electron chi connectivity index (χ3n) is 2.90. The predicted molar refractivity (Wildman–Crippen MR) is 74.0 cm³/mol. The number of aromatic nitrogens is 1. The van der Waals surface area contributed by atoms with E-state index in [9.17, 15) is 13.6 Å². The van der Waals surface area contributed by atoms with Gasteiger partial charge in [0.1, 0.15) is 5.01 Å². The van der Waals surface area contributed by atoms with Gasteiger partial charge in [0.15, 0.2) is 17.4 Å². The van der Waals surface area contributed by atoms with E-state index in [2.05, 4.69) is 4.98 Å². The van der Waals surface area contributed by atoms with E-state index in [1.807, 2.05) is 24.3 Å². The predicted octanol–water partition coefficient (Wildman–Crippen LogP) is 4.00. The molecule has 0 aliphatic carbocycles. The summed E-state index contributed by atoms with van der Waals surface area (Å²) in [5.74, 6) is -2.58. The molecule has 3 aromatic rings. The highest BCUT2D eigenvalue weighted by Crippen LogP contribution is 2.23. The van der Waals surface area contributed by atoms with Gasteiger partial charge in [0.2, 0.25) is 0 Å². The number of ketones is 1. The van der Waals surface area contributed by atoms with Crippen molar-refractivity contribution in [2.24, 2.45) is 0 Å². The lowest BCUT2D eigenvalue weighted by Gasteiger charge is -2.01. The largest absolute Gasteiger partial charge is 0.294 e. The number of benzene rings is 2. The van der Waals surface area contributed by atoms with Gasteiger partial charge < -0.3 is 0 Å². The maximum atomic E-state index is 13.5. The molecule has 0 N–H and O–H groups in total. The van der Waals surface area contributed by atoms with E-state index in [1.165, 1.54) is 23.5 Å². The maximum Gasteiger partial charge on any atom is 0.172 e. The molecule has 0 bridgehead atoms. The minimum Gasteiger partial charge on any atom is -0.294 e. The topological polar surface area (TPSA) is 30.0 Å². The van der Waals surface area contributed by atoms with Gasteiger partial charge >= 0.3 is 0 Å². The van der Waals surface area contributed by atoms with Gasteiger partial charge in [0.25, 0.3) is 0 Å². The van der Waals surface area contributed by atoms with Crippen LogP contribution in [0.4, 0.5) is 8.78 Å². The summed E-state index contributed by atoms with van der Waals surface area (Å²) in [6, 6.07) is 11.1. The summed E-state index contributed by atoms with van der Waals surface area (Å²) in [5, 5.41) is 0.597. The Balaban J connectivity index is 1.90. The molecule has 0 radical (unpaired) electrons. The fourth-order valence-corrected chi connectivity index (χ4v) is 2.91. The second-order valence-corrected chi connectivity index (χ2v) is 5.39. The zero-order valence-corrected chi connectivity index (χ0v) is 11.1. The quantitative estimate of drug-likeness (QED) is 0.682. The average Bonchev–Trinajstić information content (AvgIpc) is 2.83. The molecular formula is C15H9F2NOS. The fourth-order valence-electron chi connectivity index (χ4n) is 1.95. The second kappa shape index (κ2) is 5.09. The number of para-hydroxylation sites is 1. The van der Waals surface area contributed by atoms with Crippen LogP contribution in [0.5, 0.6) is 0 Å². The number of halogens is 2. The van der Waals surface area contributed by atoms with Gasteiger partial charge in [-0.3, -0.25) is 4.79 Å². The number of rotatable bonds is 3. The Morgan fingerprint density at radius 3 is 2.70 bits per heavy atom. The molecule has 0 atom stereocenters. The number of hydrogen-bond donors (Lipinski definition) is 0. The zero-order valence-electron chi connectivity index (χ0n) is 10.3. The van der Waals surface area contributed by atoms with Crippen LogP contribution in [0.25, 0.3) is 10.2 Å². The number of fused-ring (bicyclic) bond motifs is 1. The Kier molecular flexibility index (Phi) is 3.28. The van der Waals surface area contributed by atoms with Crippen LogP contribution in [0, 0.1) is 11.6 Å². The van der Waals surface area contributed by atoms with Crippen LogP contribution in [0.15, 0.2) is 42.5 Å². The average molecular weight is 289 g/mol.